The highest BCUT2D eigenvalue weighted by Gasteiger charge is 2.19. The molecule has 3 heteroatoms. The molecule has 0 amide bonds. The lowest BCUT2D eigenvalue weighted by Crippen LogP contribution is -1.93. The third-order valence-electron chi connectivity index (χ3n) is 3.25. The molecule has 0 spiro atoms. The van der Waals surface area contributed by atoms with Crippen LogP contribution in [0.15, 0.2) is 36.4 Å². The van der Waals surface area contributed by atoms with Crippen molar-refractivity contribution in [2.45, 2.75) is 19.3 Å². The van der Waals surface area contributed by atoms with Gasteiger partial charge in [-0.05, 0) is 61.2 Å². The highest BCUT2D eigenvalue weighted by Crippen LogP contribution is 2.35. The molecule has 2 aromatic rings. The summed E-state index contributed by atoms with van der Waals surface area (Å²) in [6.07, 6.45) is 2.62. The fraction of sp³-hybridized carbons (Fsp3) is 0.200. The molecule has 0 unspecified atom stereocenters. The molecule has 0 saturated heterocycles. The monoisotopic (exact) mass is 244 g/mol. The minimum Gasteiger partial charge on any atom is -0.508 e. The number of aromatic hydroxyl groups is 1. The van der Waals surface area contributed by atoms with Crippen molar-refractivity contribution in [2.75, 3.05) is 0 Å². The van der Waals surface area contributed by atoms with Gasteiger partial charge in [-0.15, -0.1) is 0 Å². The second kappa shape index (κ2) is 4.33. The molecule has 0 atom stereocenters. The summed E-state index contributed by atoms with van der Waals surface area (Å²) in [5, 5.41) is 9.21. The highest BCUT2D eigenvalue weighted by molar-refractivity contribution is 5.46. The topological polar surface area (TPSA) is 29.5 Å². The first-order valence-corrected chi connectivity index (χ1v) is 6.01. The fourth-order valence-corrected chi connectivity index (χ4v) is 2.37. The van der Waals surface area contributed by atoms with Crippen molar-refractivity contribution in [2.24, 2.45) is 0 Å². The van der Waals surface area contributed by atoms with E-state index in [0.717, 1.165) is 36.1 Å². The second-order valence-corrected chi connectivity index (χ2v) is 4.45. The predicted octanol–water partition coefficient (Wildman–Crippen LogP) is 3.81. The molecule has 0 heterocycles. The molecule has 92 valence electrons. The molecule has 0 aromatic heterocycles. The molecule has 2 aromatic carbocycles. The van der Waals surface area contributed by atoms with Crippen LogP contribution in [-0.2, 0) is 12.8 Å². The maximum atomic E-state index is 13.6. The second-order valence-electron chi connectivity index (χ2n) is 4.45. The lowest BCUT2D eigenvalue weighted by Gasteiger charge is -2.11. The molecule has 0 radical (unpaired) electrons. The van der Waals surface area contributed by atoms with Gasteiger partial charge in [-0.2, -0.15) is 0 Å². The highest BCUT2D eigenvalue weighted by atomic mass is 19.1. The van der Waals surface area contributed by atoms with E-state index in [0.29, 0.717) is 5.75 Å². The molecule has 1 aliphatic rings. The Hall–Kier alpha value is -2.03. The van der Waals surface area contributed by atoms with Gasteiger partial charge in [0.05, 0.1) is 0 Å². The zero-order valence-electron chi connectivity index (χ0n) is 9.82. The van der Waals surface area contributed by atoms with Crippen molar-refractivity contribution in [1.29, 1.82) is 0 Å². The van der Waals surface area contributed by atoms with Crippen LogP contribution in [0.1, 0.15) is 17.5 Å². The molecule has 3 rings (SSSR count). The van der Waals surface area contributed by atoms with E-state index in [1.54, 1.807) is 30.3 Å². The van der Waals surface area contributed by atoms with E-state index in [2.05, 4.69) is 0 Å². The van der Waals surface area contributed by atoms with E-state index in [1.165, 1.54) is 6.07 Å². The molecule has 18 heavy (non-hydrogen) atoms. The summed E-state index contributed by atoms with van der Waals surface area (Å²) in [5.41, 5.74) is 1.76. The smallest absolute Gasteiger partial charge is 0.131 e. The average Bonchev–Trinajstić information content (AvgIpc) is 2.86. The van der Waals surface area contributed by atoms with E-state index >= 15 is 0 Å². The van der Waals surface area contributed by atoms with Gasteiger partial charge in [0.2, 0.25) is 0 Å². The number of benzene rings is 2. The predicted molar refractivity (Wildman–Crippen MR) is 66.6 cm³/mol. The van der Waals surface area contributed by atoms with Crippen molar-refractivity contribution in [3.8, 4) is 17.2 Å². The molecule has 0 saturated carbocycles. The first-order valence-electron chi connectivity index (χ1n) is 6.01. The van der Waals surface area contributed by atoms with Gasteiger partial charge in [-0.25, -0.2) is 4.39 Å². The van der Waals surface area contributed by atoms with Gasteiger partial charge in [-0.1, -0.05) is 0 Å². The van der Waals surface area contributed by atoms with Crippen molar-refractivity contribution in [3.63, 3.8) is 0 Å². The van der Waals surface area contributed by atoms with E-state index in [4.69, 9.17) is 4.74 Å². The van der Waals surface area contributed by atoms with E-state index in [-0.39, 0.29) is 11.6 Å². The summed E-state index contributed by atoms with van der Waals surface area (Å²) in [7, 11) is 0. The van der Waals surface area contributed by atoms with Crippen LogP contribution in [0, 0.1) is 5.82 Å². The Labute approximate surface area is 105 Å². The van der Waals surface area contributed by atoms with Gasteiger partial charge in [0.1, 0.15) is 23.1 Å². The number of rotatable bonds is 2. The van der Waals surface area contributed by atoms with Gasteiger partial charge >= 0.3 is 0 Å². The molecule has 1 N–H and O–H groups in total. The number of halogens is 1. The van der Waals surface area contributed by atoms with Gasteiger partial charge < -0.3 is 9.84 Å². The quantitative estimate of drug-likeness (QED) is 0.870. The van der Waals surface area contributed by atoms with Crippen LogP contribution < -0.4 is 4.74 Å². The third-order valence-corrected chi connectivity index (χ3v) is 3.25. The normalized spacial score (nSPS) is 13.4. The zero-order valence-corrected chi connectivity index (χ0v) is 9.82. The maximum absolute atomic E-state index is 13.6. The maximum Gasteiger partial charge on any atom is 0.131 e. The Kier molecular flexibility index (Phi) is 2.67. The van der Waals surface area contributed by atoms with Crippen molar-refractivity contribution < 1.29 is 14.2 Å². The number of ether oxygens (including phenoxy) is 1. The summed E-state index contributed by atoms with van der Waals surface area (Å²) in [6, 6.07) is 9.66. The van der Waals surface area contributed by atoms with Crippen LogP contribution in [0.2, 0.25) is 0 Å². The number of hydrogen-bond acceptors (Lipinski definition) is 2. The Morgan fingerprint density at radius 3 is 2.44 bits per heavy atom. The number of fused-ring (bicyclic) bond motifs is 1. The molecular formula is C15H13FO2. The van der Waals surface area contributed by atoms with Gasteiger partial charge in [0, 0.05) is 5.56 Å². The molecular weight excluding hydrogens is 231 g/mol. The first kappa shape index (κ1) is 11.1. The Bertz CT molecular complexity index is 576. The largest absolute Gasteiger partial charge is 0.508 e. The molecule has 0 fully saturated rings. The summed E-state index contributed by atoms with van der Waals surface area (Å²) < 4.78 is 19.3. The SMILES string of the molecule is Oc1ccc(Oc2ccc(F)c3c2CCC3)cc1. The lowest BCUT2D eigenvalue weighted by atomic mass is 10.1. The molecule has 0 aliphatic heterocycles. The standard InChI is InChI=1S/C15H13FO2/c16-14-8-9-15(13-3-1-2-12(13)14)18-11-6-4-10(17)5-7-11/h4-9,17H,1-3H2. The summed E-state index contributed by atoms with van der Waals surface area (Å²) in [6.45, 7) is 0. The average molecular weight is 244 g/mol. The van der Waals surface area contributed by atoms with Gasteiger partial charge in [0.15, 0.2) is 0 Å². The zero-order chi connectivity index (χ0) is 12.5. The van der Waals surface area contributed by atoms with Crippen LogP contribution in [0.4, 0.5) is 4.39 Å². The Morgan fingerprint density at radius 1 is 0.944 bits per heavy atom. The number of phenols is 1. The minimum absolute atomic E-state index is 0.138. The Morgan fingerprint density at radius 2 is 1.67 bits per heavy atom. The van der Waals surface area contributed by atoms with E-state index < -0.39 is 0 Å². The third kappa shape index (κ3) is 1.92. The Balaban J connectivity index is 1.94. The van der Waals surface area contributed by atoms with Crippen LogP contribution in [0.3, 0.4) is 0 Å². The number of hydrogen-bond donors (Lipinski definition) is 1. The number of phenolic OH excluding ortho intramolecular Hbond substituents is 1. The molecule has 0 bridgehead atoms. The summed E-state index contributed by atoms with van der Waals surface area (Å²) in [5.74, 6) is 1.43. The van der Waals surface area contributed by atoms with E-state index in [1.807, 2.05) is 0 Å². The van der Waals surface area contributed by atoms with Crippen LogP contribution in [0.25, 0.3) is 0 Å². The van der Waals surface area contributed by atoms with Gasteiger partial charge in [-0.3, -0.25) is 0 Å². The summed E-state index contributed by atoms with van der Waals surface area (Å²) in [4.78, 5) is 0. The van der Waals surface area contributed by atoms with Crippen LogP contribution in [-0.4, -0.2) is 5.11 Å². The lowest BCUT2D eigenvalue weighted by molar-refractivity contribution is 0.461. The first-order chi connectivity index (χ1) is 8.74. The van der Waals surface area contributed by atoms with Crippen LogP contribution >= 0.6 is 0 Å². The fourth-order valence-electron chi connectivity index (χ4n) is 2.37. The van der Waals surface area contributed by atoms with Crippen LogP contribution in [0.5, 0.6) is 17.2 Å². The molecule has 1 aliphatic carbocycles. The van der Waals surface area contributed by atoms with Crippen molar-refractivity contribution in [3.05, 3.63) is 53.3 Å². The minimum atomic E-state index is -0.138. The van der Waals surface area contributed by atoms with E-state index in [9.17, 15) is 9.50 Å². The summed E-state index contributed by atoms with van der Waals surface area (Å²) >= 11 is 0. The van der Waals surface area contributed by atoms with Crippen molar-refractivity contribution >= 4 is 0 Å². The molecule has 2 nitrogen and oxygen atoms in total. The van der Waals surface area contributed by atoms with Crippen molar-refractivity contribution in [1.82, 2.24) is 0 Å². The van der Waals surface area contributed by atoms with Gasteiger partial charge in [0.25, 0.3) is 0 Å².